The molecule has 5 heteroatoms. The van der Waals surface area contributed by atoms with Gasteiger partial charge >= 0.3 is 7.12 Å². The number of hydrogen-bond donors (Lipinski definition) is 2. The minimum atomic E-state index is -1.47. The molecule has 1 rings (SSSR count). The highest BCUT2D eigenvalue weighted by Crippen LogP contribution is 2.10. The van der Waals surface area contributed by atoms with Crippen molar-refractivity contribution < 1.29 is 19.5 Å². The van der Waals surface area contributed by atoms with E-state index in [2.05, 4.69) is 0 Å². The van der Waals surface area contributed by atoms with Crippen LogP contribution in [0, 0.1) is 6.92 Å². The van der Waals surface area contributed by atoms with Crippen molar-refractivity contribution in [3.05, 3.63) is 23.8 Å². The maximum atomic E-state index is 9.07. The Balaban J connectivity index is 2.70. The molecule has 0 aliphatic carbocycles. The summed E-state index contributed by atoms with van der Waals surface area (Å²) < 4.78 is 10.3. The Morgan fingerprint density at radius 3 is 2.67 bits per heavy atom. The molecular weight excluding hydrogens is 195 g/mol. The first-order valence-electron chi connectivity index (χ1n) is 4.82. The molecule has 0 aliphatic heterocycles. The minimum absolute atomic E-state index is 0.167. The quantitative estimate of drug-likeness (QED) is 0.409. The second kappa shape index (κ2) is 5.75. The molecule has 0 amide bonds. The zero-order chi connectivity index (χ0) is 11.3. The number of benzene rings is 1. The zero-order valence-electron chi connectivity index (χ0n) is 8.93. The van der Waals surface area contributed by atoms with E-state index in [1.807, 2.05) is 6.92 Å². The van der Waals surface area contributed by atoms with Crippen LogP contribution in [-0.4, -0.2) is 30.6 Å². The molecule has 1 aromatic carbocycles. The summed E-state index contributed by atoms with van der Waals surface area (Å²) in [5.41, 5.74) is 1.26. The molecule has 1 aromatic rings. The van der Waals surface area contributed by atoms with Crippen LogP contribution in [0.2, 0.25) is 0 Å². The van der Waals surface area contributed by atoms with E-state index in [4.69, 9.17) is 19.5 Å². The van der Waals surface area contributed by atoms with Crippen molar-refractivity contribution in [1.82, 2.24) is 0 Å². The van der Waals surface area contributed by atoms with Gasteiger partial charge in [0.05, 0.1) is 0 Å². The van der Waals surface area contributed by atoms with Crippen molar-refractivity contribution in [2.45, 2.75) is 13.8 Å². The fraction of sp³-hybridized carbons (Fsp3) is 0.400. The van der Waals surface area contributed by atoms with E-state index in [0.717, 1.165) is 5.56 Å². The van der Waals surface area contributed by atoms with Gasteiger partial charge in [-0.2, -0.15) is 0 Å². The Morgan fingerprint density at radius 1 is 1.33 bits per heavy atom. The largest absolute Gasteiger partial charge is 0.488 e. The van der Waals surface area contributed by atoms with Crippen LogP contribution >= 0.6 is 0 Å². The molecule has 0 aromatic heterocycles. The van der Waals surface area contributed by atoms with Gasteiger partial charge in [-0.25, -0.2) is 0 Å². The summed E-state index contributed by atoms with van der Waals surface area (Å²) in [5, 5.41) is 18.1. The van der Waals surface area contributed by atoms with Crippen molar-refractivity contribution >= 4 is 12.6 Å². The van der Waals surface area contributed by atoms with Crippen LogP contribution < -0.4 is 10.2 Å². The molecule has 2 N–H and O–H groups in total. The predicted molar refractivity (Wildman–Crippen MR) is 58.1 cm³/mol. The third-order valence-corrected chi connectivity index (χ3v) is 2.04. The van der Waals surface area contributed by atoms with Gasteiger partial charge in [-0.3, -0.25) is 0 Å². The van der Waals surface area contributed by atoms with Crippen molar-refractivity contribution in [3.8, 4) is 5.75 Å². The van der Waals surface area contributed by atoms with E-state index in [-0.39, 0.29) is 6.79 Å². The highest BCUT2D eigenvalue weighted by molar-refractivity contribution is 6.59. The smallest absolute Gasteiger partial charge is 0.468 e. The minimum Gasteiger partial charge on any atom is -0.468 e. The van der Waals surface area contributed by atoms with Crippen molar-refractivity contribution in [2.24, 2.45) is 0 Å². The first-order valence-corrected chi connectivity index (χ1v) is 4.82. The molecule has 0 spiro atoms. The molecule has 82 valence electrons. The molecule has 0 atom stereocenters. The van der Waals surface area contributed by atoms with Gasteiger partial charge in [0.15, 0.2) is 6.79 Å². The fourth-order valence-electron chi connectivity index (χ4n) is 1.18. The lowest BCUT2D eigenvalue weighted by Crippen LogP contribution is -2.32. The molecule has 0 bridgehead atoms. The molecular formula is C10H15BO4. The SMILES string of the molecule is CCOCOc1ccc(C)c(B(O)O)c1. The van der Waals surface area contributed by atoms with Crippen molar-refractivity contribution in [1.29, 1.82) is 0 Å². The summed E-state index contributed by atoms with van der Waals surface area (Å²) in [7, 11) is -1.47. The summed E-state index contributed by atoms with van der Waals surface area (Å²) >= 11 is 0. The summed E-state index contributed by atoms with van der Waals surface area (Å²) in [6.07, 6.45) is 0. The lowest BCUT2D eigenvalue weighted by Gasteiger charge is -2.09. The van der Waals surface area contributed by atoms with Crippen LogP contribution in [0.3, 0.4) is 0 Å². The van der Waals surface area contributed by atoms with Crippen LogP contribution in [0.5, 0.6) is 5.75 Å². The summed E-state index contributed by atoms with van der Waals surface area (Å²) in [5.74, 6) is 0.567. The van der Waals surface area contributed by atoms with Crippen LogP contribution in [0.4, 0.5) is 0 Å². The Morgan fingerprint density at radius 2 is 2.07 bits per heavy atom. The zero-order valence-corrected chi connectivity index (χ0v) is 8.93. The lowest BCUT2D eigenvalue weighted by atomic mass is 9.77. The molecule has 4 nitrogen and oxygen atoms in total. The van der Waals surface area contributed by atoms with E-state index in [1.54, 1.807) is 25.1 Å². The highest BCUT2D eigenvalue weighted by atomic mass is 16.7. The molecule has 0 unspecified atom stereocenters. The predicted octanol–water partition coefficient (Wildman–Crippen LogP) is 0.0476. The van der Waals surface area contributed by atoms with Gasteiger partial charge in [-0.15, -0.1) is 0 Å². The maximum absolute atomic E-state index is 9.07. The monoisotopic (exact) mass is 210 g/mol. The van der Waals surface area contributed by atoms with Gasteiger partial charge in [0.2, 0.25) is 0 Å². The van der Waals surface area contributed by atoms with Gasteiger partial charge in [0, 0.05) is 6.61 Å². The molecule has 0 radical (unpaired) electrons. The third kappa shape index (κ3) is 3.55. The van der Waals surface area contributed by atoms with Crippen LogP contribution in [0.15, 0.2) is 18.2 Å². The van der Waals surface area contributed by atoms with Crippen LogP contribution in [0.1, 0.15) is 12.5 Å². The topological polar surface area (TPSA) is 58.9 Å². The standard InChI is InChI=1S/C10H15BO4/c1-3-14-7-15-9-5-4-8(2)10(6-9)11(12)13/h4-6,12-13H,3,7H2,1-2H3. The molecule has 0 saturated carbocycles. The second-order valence-electron chi connectivity index (χ2n) is 3.15. The number of ether oxygens (including phenoxy) is 2. The van der Waals surface area contributed by atoms with Crippen molar-refractivity contribution in [3.63, 3.8) is 0 Å². The normalized spacial score (nSPS) is 10.1. The number of aryl methyl sites for hydroxylation is 1. The second-order valence-corrected chi connectivity index (χ2v) is 3.15. The maximum Gasteiger partial charge on any atom is 0.488 e. The number of hydrogen-bond acceptors (Lipinski definition) is 4. The molecule has 0 saturated heterocycles. The Hall–Kier alpha value is -1.04. The van der Waals surface area contributed by atoms with E-state index in [0.29, 0.717) is 17.8 Å². The lowest BCUT2D eigenvalue weighted by molar-refractivity contribution is 0.0224. The Labute approximate surface area is 89.6 Å². The summed E-state index contributed by atoms with van der Waals surface area (Å²) in [4.78, 5) is 0. The van der Waals surface area contributed by atoms with Gasteiger partial charge in [0.25, 0.3) is 0 Å². The fourth-order valence-corrected chi connectivity index (χ4v) is 1.18. The molecule has 0 fully saturated rings. The van der Waals surface area contributed by atoms with Gasteiger partial charge in [-0.1, -0.05) is 11.6 Å². The van der Waals surface area contributed by atoms with E-state index in [1.165, 1.54) is 0 Å². The molecule has 0 aliphatic rings. The van der Waals surface area contributed by atoms with Gasteiger partial charge in [0.1, 0.15) is 5.75 Å². The average molecular weight is 210 g/mol. The Kier molecular flexibility index (Phi) is 4.61. The van der Waals surface area contributed by atoms with E-state index >= 15 is 0 Å². The molecule has 15 heavy (non-hydrogen) atoms. The third-order valence-electron chi connectivity index (χ3n) is 2.04. The highest BCUT2D eigenvalue weighted by Gasteiger charge is 2.14. The van der Waals surface area contributed by atoms with Crippen LogP contribution in [0.25, 0.3) is 0 Å². The summed E-state index contributed by atoms with van der Waals surface area (Å²) in [6, 6.07) is 5.13. The van der Waals surface area contributed by atoms with Gasteiger partial charge < -0.3 is 19.5 Å². The summed E-state index contributed by atoms with van der Waals surface area (Å²) in [6.45, 7) is 4.43. The average Bonchev–Trinajstić information content (AvgIpc) is 2.20. The first-order chi connectivity index (χ1) is 7.15. The van der Waals surface area contributed by atoms with E-state index in [9.17, 15) is 0 Å². The van der Waals surface area contributed by atoms with Gasteiger partial charge in [-0.05, 0) is 31.4 Å². The number of rotatable bonds is 5. The van der Waals surface area contributed by atoms with E-state index < -0.39 is 7.12 Å². The van der Waals surface area contributed by atoms with Crippen LogP contribution in [-0.2, 0) is 4.74 Å². The molecule has 0 heterocycles. The Bertz CT molecular complexity index is 314. The van der Waals surface area contributed by atoms with Crippen molar-refractivity contribution in [2.75, 3.05) is 13.4 Å². The first kappa shape index (κ1) is 12.0.